The van der Waals surface area contributed by atoms with Crippen molar-refractivity contribution >= 4 is 17.6 Å². The fourth-order valence-electron chi connectivity index (χ4n) is 8.67. The quantitative estimate of drug-likeness (QED) is 0.324. The van der Waals surface area contributed by atoms with Crippen molar-refractivity contribution in [1.29, 1.82) is 5.41 Å². The van der Waals surface area contributed by atoms with Crippen LogP contribution in [0.3, 0.4) is 0 Å². The van der Waals surface area contributed by atoms with Crippen molar-refractivity contribution in [1.82, 2.24) is 10.6 Å². The minimum absolute atomic E-state index is 0.0300. The van der Waals surface area contributed by atoms with E-state index in [1.54, 1.807) is 0 Å². The van der Waals surface area contributed by atoms with Crippen LogP contribution in [-0.2, 0) is 14.3 Å². The molecule has 0 saturated heterocycles. The first-order valence-electron chi connectivity index (χ1n) is 14.4. The molecule has 0 heterocycles. The van der Waals surface area contributed by atoms with Crippen molar-refractivity contribution in [2.75, 3.05) is 6.61 Å². The summed E-state index contributed by atoms with van der Waals surface area (Å²) in [6.07, 6.45) is 16.0. The highest BCUT2D eigenvalue weighted by Gasteiger charge is 2.53. The number of hydrogen-bond acceptors (Lipinski definition) is 5. The van der Waals surface area contributed by atoms with Gasteiger partial charge < -0.3 is 15.4 Å². The maximum Gasteiger partial charge on any atom is 0.313 e. The second-order valence-electron chi connectivity index (χ2n) is 12.4. The SMILES string of the molecule is CCOC(=O)C1CCCC(NC2CCCCC2)=C1C(=N)C(=O)NC(C)C12CC3CC(CC(C3)C1)C2. The molecule has 0 radical (unpaired) electrons. The smallest absolute Gasteiger partial charge is 0.313 e. The maximum atomic E-state index is 13.6. The molecular weight excluding hydrogens is 438 g/mol. The Morgan fingerprint density at radius 2 is 1.63 bits per heavy atom. The minimum atomic E-state index is -0.525. The predicted molar refractivity (Wildman–Crippen MR) is 137 cm³/mol. The Bertz CT molecular complexity index is 837. The minimum Gasteiger partial charge on any atom is -0.466 e. The Kier molecular flexibility index (Phi) is 7.28. The molecule has 2 atom stereocenters. The molecule has 194 valence electrons. The normalized spacial score (nSPS) is 35.5. The molecule has 0 spiro atoms. The van der Waals surface area contributed by atoms with Gasteiger partial charge in [-0.3, -0.25) is 15.0 Å². The van der Waals surface area contributed by atoms with Gasteiger partial charge in [0.1, 0.15) is 5.71 Å². The van der Waals surface area contributed by atoms with Gasteiger partial charge in [0.2, 0.25) is 0 Å². The summed E-state index contributed by atoms with van der Waals surface area (Å²) in [6, 6.07) is 0.431. The third-order valence-electron chi connectivity index (χ3n) is 10.00. The van der Waals surface area contributed by atoms with E-state index in [0.717, 1.165) is 49.1 Å². The molecule has 6 aliphatic rings. The Balaban J connectivity index is 1.35. The highest BCUT2D eigenvalue weighted by Crippen LogP contribution is 2.61. The van der Waals surface area contributed by atoms with Crippen molar-refractivity contribution in [3.63, 3.8) is 0 Å². The van der Waals surface area contributed by atoms with Crippen molar-refractivity contribution in [2.45, 2.75) is 116 Å². The van der Waals surface area contributed by atoms with Gasteiger partial charge in [-0.1, -0.05) is 19.3 Å². The van der Waals surface area contributed by atoms with Crippen LogP contribution in [0.2, 0.25) is 0 Å². The van der Waals surface area contributed by atoms with Gasteiger partial charge in [0.15, 0.2) is 0 Å². The second kappa shape index (κ2) is 10.3. The Hall–Kier alpha value is -1.85. The fourth-order valence-corrected chi connectivity index (χ4v) is 8.67. The Morgan fingerprint density at radius 1 is 1.00 bits per heavy atom. The van der Waals surface area contributed by atoms with E-state index < -0.39 is 5.92 Å². The van der Waals surface area contributed by atoms with Gasteiger partial charge in [0, 0.05) is 23.4 Å². The summed E-state index contributed by atoms with van der Waals surface area (Å²) in [6.45, 7) is 4.30. The van der Waals surface area contributed by atoms with E-state index in [-0.39, 0.29) is 29.0 Å². The third kappa shape index (κ3) is 5.04. The van der Waals surface area contributed by atoms with E-state index in [9.17, 15) is 9.59 Å². The van der Waals surface area contributed by atoms with Crippen molar-refractivity contribution in [3.05, 3.63) is 11.3 Å². The Morgan fingerprint density at radius 3 is 2.23 bits per heavy atom. The molecule has 5 saturated carbocycles. The number of esters is 1. The molecule has 0 aromatic heterocycles. The zero-order valence-electron chi connectivity index (χ0n) is 21.8. The molecular formula is C29H45N3O3. The lowest BCUT2D eigenvalue weighted by atomic mass is 9.48. The summed E-state index contributed by atoms with van der Waals surface area (Å²) in [5.74, 6) is 1.32. The molecule has 6 rings (SSSR count). The maximum absolute atomic E-state index is 13.6. The van der Waals surface area contributed by atoms with Gasteiger partial charge in [-0.2, -0.15) is 0 Å². The van der Waals surface area contributed by atoms with Crippen LogP contribution in [0, 0.1) is 34.5 Å². The Labute approximate surface area is 210 Å². The average Bonchev–Trinajstić information content (AvgIpc) is 2.83. The summed E-state index contributed by atoms with van der Waals surface area (Å²) in [5, 5.41) is 16.0. The van der Waals surface area contributed by atoms with Crippen molar-refractivity contribution in [2.24, 2.45) is 29.1 Å². The van der Waals surface area contributed by atoms with Crippen LogP contribution < -0.4 is 10.6 Å². The topological polar surface area (TPSA) is 91.3 Å². The lowest BCUT2D eigenvalue weighted by Gasteiger charge is -2.59. The molecule has 5 fully saturated rings. The van der Waals surface area contributed by atoms with E-state index in [2.05, 4.69) is 17.6 Å². The predicted octanol–water partition coefficient (Wildman–Crippen LogP) is 5.27. The lowest BCUT2D eigenvalue weighted by Crippen LogP contribution is -2.56. The number of rotatable bonds is 8. The first-order chi connectivity index (χ1) is 16.9. The van der Waals surface area contributed by atoms with E-state index in [1.165, 1.54) is 57.8 Å². The van der Waals surface area contributed by atoms with Gasteiger partial charge in [-0.05, 0) is 108 Å². The molecule has 6 aliphatic carbocycles. The summed E-state index contributed by atoms with van der Waals surface area (Å²) in [7, 11) is 0. The summed E-state index contributed by atoms with van der Waals surface area (Å²) in [4.78, 5) is 26.5. The van der Waals surface area contributed by atoms with Gasteiger partial charge in [-0.15, -0.1) is 0 Å². The number of hydrogen-bond donors (Lipinski definition) is 3. The molecule has 2 unspecified atom stereocenters. The van der Waals surface area contributed by atoms with E-state index in [0.29, 0.717) is 24.6 Å². The number of carbonyl (C=O) groups excluding carboxylic acids is 2. The van der Waals surface area contributed by atoms with Gasteiger partial charge >= 0.3 is 5.97 Å². The molecule has 0 aromatic rings. The molecule has 0 aromatic carbocycles. The van der Waals surface area contributed by atoms with E-state index >= 15 is 0 Å². The number of amides is 1. The molecule has 4 bridgehead atoms. The lowest BCUT2D eigenvalue weighted by molar-refractivity contribution is -0.146. The van der Waals surface area contributed by atoms with Crippen LogP contribution in [0.25, 0.3) is 0 Å². The largest absolute Gasteiger partial charge is 0.466 e. The number of carbonyl (C=O) groups is 2. The summed E-state index contributed by atoms with van der Waals surface area (Å²) >= 11 is 0. The highest BCUT2D eigenvalue weighted by atomic mass is 16.5. The van der Waals surface area contributed by atoms with Gasteiger partial charge in [0.05, 0.1) is 12.5 Å². The number of nitrogens with one attached hydrogen (secondary N) is 3. The molecule has 0 aliphatic heterocycles. The van der Waals surface area contributed by atoms with Crippen molar-refractivity contribution < 1.29 is 14.3 Å². The summed E-state index contributed by atoms with van der Waals surface area (Å²) < 4.78 is 5.40. The van der Waals surface area contributed by atoms with E-state index in [4.69, 9.17) is 10.1 Å². The fraction of sp³-hybridized carbons (Fsp3) is 0.828. The van der Waals surface area contributed by atoms with E-state index in [1.807, 2.05) is 6.92 Å². The van der Waals surface area contributed by atoms with Crippen LogP contribution in [0.5, 0.6) is 0 Å². The number of ether oxygens (including phenoxy) is 1. The summed E-state index contributed by atoms with van der Waals surface area (Å²) in [5.41, 5.74) is 1.69. The molecule has 35 heavy (non-hydrogen) atoms. The first kappa shape index (κ1) is 24.8. The zero-order chi connectivity index (χ0) is 24.6. The standard InChI is InChI=1S/C29H45N3O3/c1-3-35-28(34)23-10-7-11-24(32-22-8-5-4-6-9-22)25(23)26(30)27(33)31-18(2)29-15-19-12-20(16-29)14-21(13-19)17-29/h18-23,30,32H,3-17H2,1-2H3,(H,31,33). The van der Waals surface area contributed by atoms with Crippen LogP contribution in [0.4, 0.5) is 0 Å². The molecule has 1 amide bonds. The highest BCUT2D eigenvalue weighted by molar-refractivity contribution is 6.44. The molecule has 6 nitrogen and oxygen atoms in total. The average molecular weight is 484 g/mol. The molecule has 6 heteroatoms. The van der Waals surface area contributed by atoms with Gasteiger partial charge in [0.25, 0.3) is 5.91 Å². The van der Waals surface area contributed by atoms with Crippen molar-refractivity contribution in [3.8, 4) is 0 Å². The van der Waals surface area contributed by atoms with Crippen LogP contribution >= 0.6 is 0 Å². The van der Waals surface area contributed by atoms with Crippen LogP contribution in [0.15, 0.2) is 11.3 Å². The van der Waals surface area contributed by atoms with Gasteiger partial charge in [-0.25, -0.2) is 0 Å². The molecule has 3 N–H and O–H groups in total. The second-order valence-corrected chi connectivity index (χ2v) is 12.4. The van der Waals surface area contributed by atoms with Crippen LogP contribution in [0.1, 0.15) is 104 Å². The number of allylic oxidation sites excluding steroid dienone is 1. The third-order valence-corrected chi connectivity index (χ3v) is 10.00. The zero-order valence-corrected chi connectivity index (χ0v) is 21.8. The van der Waals surface area contributed by atoms with Crippen LogP contribution in [-0.4, -0.2) is 36.3 Å². The monoisotopic (exact) mass is 483 g/mol. The first-order valence-corrected chi connectivity index (χ1v) is 14.4.